The van der Waals surface area contributed by atoms with Crippen LogP contribution in [0.25, 0.3) is 0 Å². The molecule has 3 heteroatoms. The van der Waals surface area contributed by atoms with Gasteiger partial charge in [0.05, 0.1) is 3.79 Å². The van der Waals surface area contributed by atoms with Crippen LogP contribution in [0, 0.1) is 17.8 Å². The molecule has 18 heavy (non-hydrogen) atoms. The number of halogens is 1. The van der Waals surface area contributed by atoms with Gasteiger partial charge in [-0.2, -0.15) is 0 Å². The molecule has 0 aromatic carbocycles. The fourth-order valence-corrected chi connectivity index (χ4v) is 5.54. The zero-order valence-electron chi connectivity index (χ0n) is 11.0. The van der Waals surface area contributed by atoms with Gasteiger partial charge < -0.3 is 5.32 Å². The fraction of sp³-hybridized carbons (Fsp3) is 0.733. The van der Waals surface area contributed by atoms with Gasteiger partial charge in [-0.3, -0.25) is 0 Å². The van der Waals surface area contributed by atoms with E-state index in [2.05, 4.69) is 40.3 Å². The Bertz CT molecular complexity index is 403. The van der Waals surface area contributed by atoms with Gasteiger partial charge in [0.15, 0.2) is 0 Å². The molecular weight excluding hydrogens is 306 g/mol. The molecule has 1 aromatic rings. The lowest BCUT2D eigenvalue weighted by atomic mass is 9.82. The number of rotatable bonds is 5. The zero-order valence-corrected chi connectivity index (χ0v) is 13.4. The molecule has 0 aliphatic heterocycles. The summed E-state index contributed by atoms with van der Waals surface area (Å²) in [5.74, 6) is 2.92. The monoisotopic (exact) mass is 327 g/mol. The Balaban J connectivity index is 1.77. The predicted octanol–water partition coefficient (Wildman–Crippen LogP) is 4.99. The van der Waals surface area contributed by atoms with Crippen LogP contribution < -0.4 is 5.32 Å². The first-order chi connectivity index (χ1) is 8.78. The second-order valence-electron chi connectivity index (χ2n) is 5.91. The summed E-state index contributed by atoms with van der Waals surface area (Å²) in [6.07, 6.45) is 7.16. The van der Waals surface area contributed by atoms with Crippen LogP contribution in [-0.4, -0.2) is 6.54 Å². The molecule has 4 atom stereocenters. The van der Waals surface area contributed by atoms with E-state index in [9.17, 15) is 0 Å². The van der Waals surface area contributed by atoms with Crippen molar-refractivity contribution in [1.82, 2.24) is 5.32 Å². The highest BCUT2D eigenvalue weighted by Gasteiger charge is 2.43. The van der Waals surface area contributed by atoms with E-state index in [0.717, 1.165) is 24.3 Å². The van der Waals surface area contributed by atoms with Crippen molar-refractivity contribution in [3.8, 4) is 0 Å². The van der Waals surface area contributed by atoms with E-state index in [0.29, 0.717) is 6.04 Å². The lowest BCUT2D eigenvalue weighted by molar-refractivity contribution is 0.253. The van der Waals surface area contributed by atoms with Gasteiger partial charge in [-0.05, 0) is 78.0 Å². The Kier molecular flexibility index (Phi) is 4.12. The lowest BCUT2D eigenvalue weighted by Gasteiger charge is -2.30. The van der Waals surface area contributed by atoms with E-state index in [4.69, 9.17) is 0 Å². The second-order valence-corrected chi connectivity index (χ2v) is 8.41. The van der Waals surface area contributed by atoms with Gasteiger partial charge in [-0.25, -0.2) is 0 Å². The van der Waals surface area contributed by atoms with Crippen molar-refractivity contribution in [3.05, 3.63) is 20.8 Å². The van der Waals surface area contributed by atoms with Crippen molar-refractivity contribution < 1.29 is 0 Å². The van der Waals surface area contributed by atoms with Crippen LogP contribution in [0.5, 0.6) is 0 Å². The van der Waals surface area contributed by atoms with Crippen molar-refractivity contribution in [3.63, 3.8) is 0 Å². The molecular formula is C15H22BrNS. The second kappa shape index (κ2) is 5.64. The molecule has 1 aromatic heterocycles. The van der Waals surface area contributed by atoms with E-state index < -0.39 is 0 Å². The summed E-state index contributed by atoms with van der Waals surface area (Å²) in [5.41, 5.74) is 0. The largest absolute Gasteiger partial charge is 0.309 e. The standard InChI is InChI=1S/C15H22BrNS/c1-2-7-17-15(13-5-6-14(16)18-13)12-9-10-3-4-11(12)8-10/h5-6,10-12,15,17H,2-4,7-9H2,1H3. The Hall–Kier alpha value is 0.140. The molecule has 0 saturated heterocycles. The highest BCUT2D eigenvalue weighted by molar-refractivity contribution is 9.11. The minimum atomic E-state index is 0.608. The average molecular weight is 328 g/mol. The molecule has 1 nitrogen and oxygen atoms in total. The minimum Gasteiger partial charge on any atom is -0.309 e. The molecule has 1 N–H and O–H groups in total. The molecule has 100 valence electrons. The quantitative estimate of drug-likeness (QED) is 0.803. The van der Waals surface area contributed by atoms with Crippen LogP contribution in [-0.2, 0) is 0 Å². The normalized spacial score (nSPS) is 32.0. The molecule has 3 rings (SSSR count). The van der Waals surface area contributed by atoms with Crippen LogP contribution >= 0.6 is 27.3 Å². The Morgan fingerprint density at radius 2 is 2.28 bits per heavy atom. The summed E-state index contributed by atoms with van der Waals surface area (Å²) >= 11 is 5.52. The first-order valence-corrected chi connectivity index (χ1v) is 8.87. The third kappa shape index (κ3) is 2.54. The number of fused-ring (bicyclic) bond motifs is 2. The third-order valence-corrected chi connectivity index (χ3v) is 6.44. The van der Waals surface area contributed by atoms with E-state index in [1.165, 1.54) is 40.8 Å². The van der Waals surface area contributed by atoms with Gasteiger partial charge in [0.2, 0.25) is 0 Å². The maximum absolute atomic E-state index is 3.82. The first-order valence-electron chi connectivity index (χ1n) is 7.26. The highest BCUT2D eigenvalue weighted by Crippen LogP contribution is 2.53. The zero-order chi connectivity index (χ0) is 12.5. The number of hydrogen-bond acceptors (Lipinski definition) is 2. The summed E-state index contributed by atoms with van der Waals surface area (Å²) in [7, 11) is 0. The topological polar surface area (TPSA) is 12.0 Å². The highest BCUT2D eigenvalue weighted by atomic mass is 79.9. The summed E-state index contributed by atoms with van der Waals surface area (Å²) < 4.78 is 1.27. The van der Waals surface area contributed by atoms with E-state index in [1.54, 1.807) is 0 Å². The molecule has 0 radical (unpaired) electrons. The van der Waals surface area contributed by atoms with Crippen molar-refractivity contribution in [2.45, 2.75) is 45.1 Å². The summed E-state index contributed by atoms with van der Waals surface area (Å²) in [6, 6.07) is 5.12. The molecule has 1 heterocycles. The van der Waals surface area contributed by atoms with Gasteiger partial charge in [-0.1, -0.05) is 13.3 Å². The van der Waals surface area contributed by atoms with Gasteiger partial charge in [0.1, 0.15) is 0 Å². The Morgan fingerprint density at radius 3 is 2.83 bits per heavy atom. The maximum atomic E-state index is 3.82. The fourth-order valence-electron chi connectivity index (χ4n) is 3.96. The third-order valence-electron chi connectivity index (χ3n) is 4.74. The van der Waals surface area contributed by atoms with Gasteiger partial charge in [0, 0.05) is 10.9 Å². The smallest absolute Gasteiger partial charge is 0.0701 e. The lowest BCUT2D eigenvalue weighted by Crippen LogP contribution is -2.31. The van der Waals surface area contributed by atoms with Crippen LogP contribution in [0.1, 0.15) is 49.9 Å². The summed E-state index contributed by atoms with van der Waals surface area (Å²) in [4.78, 5) is 1.54. The molecule has 0 amide bonds. The Labute approximate surface area is 122 Å². The van der Waals surface area contributed by atoms with Crippen LogP contribution in [0.4, 0.5) is 0 Å². The van der Waals surface area contributed by atoms with Crippen molar-refractivity contribution in [2.24, 2.45) is 17.8 Å². The SMILES string of the molecule is CCCNC(c1ccc(Br)s1)C1CC2CCC1C2. The number of nitrogens with one attached hydrogen (secondary N) is 1. The Morgan fingerprint density at radius 1 is 1.39 bits per heavy atom. The maximum Gasteiger partial charge on any atom is 0.0701 e. The van der Waals surface area contributed by atoms with E-state index in [1.807, 2.05) is 11.3 Å². The first kappa shape index (κ1) is 13.1. The predicted molar refractivity (Wildman–Crippen MR) is 82.0 cm³/mol. The molecule has 4 unspecified atom stereocenters. The van der Waals surface area contributed by atoms with Crippen molar-refractivity contribution in [1.29, 1.82) is 0 Å². The molecule has 2 fully saturated rings. The van der Waals surface area contributed by atoms with Crippen molar-refractivity contribution in [2.75, 3.05) is 6.54 Å². The van der Waals surface area contributed by atoms with Gasteiger partial charge >= 0.3 is 0 Å². The summed E-state index contributed by atoms with van der Waals surface area (Å²) in [5, 5.41) is 3.82. The average Bonchev–Trinajstić information content (AvgIpc) is 3.06. The van der Waals surface area contributed by atoms with Gasteiger partial charge in [-0.15, -0.1) is 11.3 Å². The van der Waals surface area contributed by atoms with Crippen LogP contribution in [0.3, 0.4) is 0 Å². The molecule has 0 spiro atoms. The van der Waals surface area contributed by atoms with Gasteiger partial charge in [0.25, 0.3) is 0 Å². The minimum absolute atomic E-state index is 0.608. The number of hydrogen-bond donors (Lipinski definition) is 1. The molecule has 2 aliphatic rings. The molecule has 2 aliphatic carbocycles. The molecule has 2 bridgehead atoms. The van der Waals surface area contributed by atoms with Crippen LogP contribution in [0.2, 0.25) is 0 Å². The van der Waals surface area contributed by atoms with E-state index in [-0.39, 0.29) is 0 Å². The van der Waals surface area contributed by atoms with E-state index >= 15 is 0 Å². The summed E-state index contributed by atoms with van der Waals surface area (Å²) in [6.45, 7) is 3.41. The number of thiophene rings is 1. The van der Waals surface area contributed by atoms with Crippen molar-refractivity contribution >= 4 is 27.3 Å². The molecule has 2 saturated carbocycles. The van der Waals surface area contributed by atoms with Crippen LogP contribution in [0.15, 0.2) is 15.9 Å².